The van der Waals surface area contributed by atoms with Gasteiger partial charge in [-0.1, -0.05) is 32.0 Å². The Bertz CT molecular complexity index is 317. The van der Waals surface area contributed by atoms with Crippen LogP contribution in [0.15, 0.2) is 18.2 Å². The van der Waals surface area contributed by atoms with E-state index in [2.05, 4.69) is 37.4 Å². The molecule has 0 saturated heterocycles. The Labute approximate surface area is 86.5 Å². The van der Waals surface area contributed by atoms with Gasteiger partial charge in [0.15, 0.2) is 0 Å². The van der Waals surface area contributed by atoms with E-state index in [0.717, 1.165) is 13.1 Å². The van der Waals surface area contributed by atoms with Crippen LogP contribution in [0.2, 0.25) is 0 Å². The average Bonchev–Trinajstić information content (AvgIpc) is 2.27. The van der Waals surface area contributed by atoms with Crippen LogP contribution in [0.1, 0.15) is 42.9 Å². The summed E-state index contributed by atoms with van der Waals surface area (Å²) in [5, 5.41) is 3.43. The molecule has 0 aromatic heterocycles. The maximum absolute atomic E-state index is 3.43. The molecule has 1 aromatic carbocycles. The van der Waals surface area contributed by atoms with Gasteiger partial charge >= 0.3 is 0 Å². The largest absolute Gasteiger partial charge is 0.312 e. The van der Waals surface area contributed by atoms with E-state index >= 15 is 0 Å². The van der Waals surface area contributed by atoms with Gasteiger partial charge in [-0.2, -0.15) is 0 Å². The fourth-order valence-corrected chi connectivity index (χ4v) is 2.04. The van der Waals surface area contributed by atoms with E-state index in [1.165, 1.54) is 29.5 Å². The molecule has 1 aliphatic rings. The standard InChI is InChI=1S/C13H19N/c1-3-10(2)12-5-4-11-6-7-14-9-13(11)8-12/h4-5,8,10,14H,3,6-7,9H2,1-2H3. The van der Waals surface area contributed by atoms with Gasteiger partial charge in [-0.3, -0.25) is 0 Å². The van der Waals surface area contributed by atoms with Gasteiger partial charge in [0.1, 0.15) is 0 Å². The lowest BCUT2D eigenvalue weighted by atomic mass is 9.92. The van der Waals surface area contributed by atoms with Crippen LogP contribution in [0.25, 0.3) is 0 Å². The predicted octanol–water partition coefficient (Wildman–Crippen LogP) is 2.85. The highest BCUT2D eigenvalue weighted by Crippen LogP contribution is 2.23. The Hall–Kier alpha value is -0.820. The van der Waals surface area contributed by atoms with E-state index in [-0.39, 0.29) is 0 Å². The number of benzene rings is 1. The lowest BCUT2D eigenvalue weighted by Gasteiger charge is -2.19. The predicted molar refractivity (Wildman–Crippen MR) is 60.6 cm³/mol. The maximum Gasteiger partial charge on any atom is 0.0208 e. The molecule has 0 bridgehead atoms. The number of fused-ring (bicyclic) bond motifs is 1. The van der Waals surface area contributed by atoms with Crippen LogP contribution in [-0.2, 0) is 13.0 Å². The summed E-state index contributed by atoms with van der Waals surface area (Å²) >= 11 is 0. The van der Waals surface area contributed by atoms with E-state index in [4.69, 9.17) is 0 Å². The van der Waals surface area contributed by atoms with Crippen molar-refractivity contribution in [3.8, 4) is 0 Å². The average molecular weight is 189 g/mol. The normalized spacial score (nSPS) is 17.6. The van der Waals surface area contributed by atoms with E-state index in [9.17, 15) is 0 Å². The highest BCUT2D eigenvalue weighted by molar-refractivity contribution is 5.35. The highest BCUT2D eigenvalue weighted by Gasteiger charge is 2.10. The zero-order valence-corrected chi connectivity index (χ0v) is 9.14. The van der Waals surface area contributed by atoms with Crippen molar-refractivity contribution in [3.05, 3.63) is 34.9 Å². The third kappa shape index (κ3) is 1.83. The Morgan fingerprint density at radius 2 is 2.21 bits per heavy atom. The first kappa shape index (κ1) is 9.72. The highest BCUT2D eigenvalue weighted by atomic mass is 14.9. The quantitative estimate of drug-likeness (QED) is 0.754. The van der Waals surface area contributed by atoms with Crippen molar-refractivity contribution in [1.82, 2.24) is 5.32 Å². The molecule has 0 fully saturated rings. The molecule has 2 rings (SSSR count). The lowest BCUT2D eigenvalue weighted by Crippen LogP contribution is -2.23. The van der Waals surface area contributed by atoms with E-state index in [0.29, 0.717) is 5.92 Å². The Morgan fingerprint density at radius 3 is 3.00 bits per heavy atom. The zero-order valence-electron chi connectivity index (χ0n) is 9.14. The molecular formula is C13H19N. The molecule has 0 aliphatic carbocycles. The Morgan fingerprint density at radius 1 is 1.36 bits per heavy atom. The number of hydrogen-bond donors (Lipinski definition) is 1. The molecule has 1 unspecified atom stereocenters. The van der Waals surface area contributed by atoms with Crippen LogP contribution < -0.4 is 5.32 Å². The summed E-state index contributed by atoms with van der Waals surface area (Å²) in [5.74, 6) is 0.697. The van der Waals surface area contributed by atoms with Crippen molar-refractivity contribution < 1.29 is 0 Å². The van der Waals surface area contributed by atoms with Gasteiger partial charge in [0, 0.05) is 6.54 Å². The van der Waals surface area contributed by atoms with Gasteiger partial charge in [-0.25, -0.2) is 0 Å². The second-order valence-electron chi connectivity index (χ2n) is 4.26. The summed E-state index contributed by atoms with van der Waals surface area (Å²) in [7, 11) is 0. The van der Waals surface area contributed by atoms with Crippen LogP contribution >= 0.6 is 0 Å². The van der Waals surface area contributed by atoms with E-state index < -0.39 is 0 Å². The number of rotatable bonds is 2. The third-order valence-electron chi connectivity index (χ3n) is 3.30. The van der Waals surface area contributed by atoms with Gasteiger partial charge in [0.2, 0.25) is 0 Å². The molecule has 0 amide bonds. The van der Waals surface area contributed by atoms with Crippen molar-refractivity contribution in [2.75, 3.05) is 6.54 Å². The minimum atomic E-state index is 0.697. The van der Waals surface area contributed by atoms with Gasteiger partial charge in [-0.05, 0) is 42.0 Å². The Kier molecular flexibility index (Phi) is 2.87. The van der Waals surface area contributed by atoms with Crippen molar-refractivity contribution in [2.45, 2.75) is 39.2 Å². The number of nitrogens with one attached hydrogen (secondary N) is 1. The summed E-state index contributed by atoms with van der Waals surface area (Å²) < 4.78 is 0. The molecule has 1 aliphatic heterocycles. The molecular weight excluding hydrogens is 170 g/mol. The lowest BCUT2D eigenvalue weighted by molar-refractivity contribution is 0.639. The minimum Gasteiger partial charge on any atom is -0.312 e. The van der Waals surface area contributed by atoms with Gasteiger partial charge in [-0.15, -0.1) is 0 Å². The zero-order chi connectivity index (χ0) is 9.97. The van der Waals surface area contributed by atoms with Crippen molar-refractivity contribution in [3.63, 3.8) is 0 Å². The summed E-state index contributed by atoms with van der Waals surface area (Å²) in [4.78, 5) is 0. The molecule has 76 valence electrons. The van der Waals surface area contributed by atoms with Crippen molar-refractivity contribution >= 4 is 0 Å². The molecule has 1 atom stereocenters. The molecule has 0 saturated carbocycles. The molecule has 1 heterocycles. The minimum absolute atomic E-state index is 0.697. The summed E-state index contributed by atoms with van der Waals surface area (Å²) in [6.07, 6.45) is 2.42. The monoisotopic (exact) mass is 189 g/mol. The van der Waals surface area contributed by atoms with Gasteiger partial charge in [0.05, 0.1) is 0 Å². The smallest absolute Gasteiger partial charge is 0.0208 e. The molecule has 1 aromatic rings. The summed E-state index contributed by atoms with van der Waals surface area (Å²) in [6.45, 7) is 6.75. The molecule has 1 nitrogen and oxygen atoms in total. The van der Waals surface area contributed by atoms with Crippen LogP contribution in [0, 0.1) is 0 Å². The molecule has 14 heavy (non-hydrogen) atoms. The molecule has 1 N–H and O–H groups in total. The first-order chi connectivity index (χ1) is 6.81. The van der Waals surface area contributed by atoms with Crippen LogP contribution in [-0.4, -0.2) is 6.54 Å². The maximum atomic E-state index is 3.43. The van der Waals surface area contributed by atoms with Crippen LogP contribution in [0.4, 0.5) is 0 Å². The van der Waals surface area contributed by atoms with Crippen molar-refractivity contribution in [2.24, 2.45) is 0 Å². The Balaban J connectivity index is 2.29. The van der Waals surface area contributed by atoms with Gasteiger partial charge < -0.3 is 5.32 Å². The first-order valence-electron chi connectivity index (χ1n) is 5.63. The van der Waals surface area contributed by atoms with Crippen LogP contribution in [0.5, 0.6) is 0 Å². The third-order valence-corrected chi connectivity index (χ3v) is 3.30. The second-order valence-corrected chi connectivity index (χ2v) is 4.26. The van der Waals surface area contributed by atoms with Crippen LogP contribution in [0.3, 0.4) is 0 Å². The molecule has 0 radical (unpaired) electrons. The SMILES string of the molecule is CCC(C)c1ccc2c(c1)CNCC2. The molecule has 1 heteroatoms. The topological polar surface area (TPSA) is 12.0 Å². The second kappa shape index (κ2) is 4.14. The fraction of sp³-hybridized carbons (Fsp3) is 0.538. The summed E-state index contributed by atoms with van der Waals surface area (Å²) in [5.41, 5.74) is 4.54. The number of hydrogen-bond acceptors (Lipinski definition) is 1. The van der Waals surface area contributed by atoms with Crippen molar-refractivity contribution in [1.29, 1.82) is 0 Å². The van der Waals surface area contributed by atoms with E-state index in [1.54, 1.807) is 0 Å². The van der Waals surface area contributed by atoms with Gasteiger partial charge in [0.25, 0.3) is 0 Å². The molecule has 0 spiro atoms. The first-order valence-corrected chi connectivity index (χ1v) is 5.63. The van der Waals surface area contributed by atoms with E-state index in [1.807, 2.05) is 0 Å². The summed E-state index contributed by atoms with van der Waals surface area (Å²) in [6, 6.07) is 7.01. The fourth-order valence-electron chi connectivity index (χ4n) is 2.04.